The van der Waals surface area contributed by atoms with Crippen LogP contribution in [0.3, 0.4) is 0 Å². The first-order valence-corrected chi connectivity index (χ1v) is 5.15. The summed E-state index contributed by atoms with van der Waals surface area (Å²) in [6.07, 6.45) is 2.14. The Morgan fingerprint density at radius 3 is 2.15 bits per heavy atom. The van der Waals surface area contributed by atoms with Crippen LogP contribution in [0.1, 0.15) is 40.5 Å². The average Bonchev–Trinajstić information content (AvgIpc) is 2.14. The molecule has 13 heavy (non-hydrogen) atoms. The third-order valence-electron chi connectivity index (χ3n) is 2.55. The zero-order chi connectivity index (χ0) is 10.4. The SMILES string of the molecule is C=C(CC)C(=C)C(C)NC(C)CC. The fraction of sp³-hybridized carbons (Fsp3) is 0.667. The van der Waals surface area contributed by atoms with Gasteiger partial charge in [-0.3, -0.25) is 0 Å². The Kier molecular flexibility index (Phi) is 5.72. The van der Waals surface area contributed by atoms with Gasteiger partial charge in [0.2, 0.25) is 0 Å². The Hall–Kier alpha value is -0.560. The fourth-order valence-electron chi connectivity index (χ4n) is 1.18. The Morgan fingerprint density at radius 1 is 1.23 bits per heavy atom. The zero-order valence-electron chi connectivity index (χ0n) is 9.48. The van der Waals surface area contributed by atoms with Gasteiger partial charge in [-0.2, -0.15) is 0 Å². The van der Waals surface area contributed by atoms with Crippen LogP contribution in [0.5, 0.6) is 0 Å². The maximum atomic E-state index is 4.05. The summed E-state index contributed by atoms with van der Waals surface area (Å²) in [4.78, 5) is 0. The van der Waals surface area contributed by atoms with Crippen molar-refractivity contribution < 1.29 is 0 Å². The maximum Gasteiger partial charge on any atom is 0.0290 e. The van der Waals surface area contributed by atoms with E-state index in [4.69, 9.17) is 0 Å². The second kappa shape index (κ2) is 5.98. The van der Waals surface area contributed by atoms with Crippen molar-refractivity contribution in [2.75, 3.05) is 0 Å². The van der Waals surface area contributed by atoms with E-state index in [9.17, 15) is 0 Å². The zero-order valence-corrected chi connectivity index (χ0v) is 9.48. The summed E-state index contributed by atoms with van der Waals surface area (Å²) < 4.78 is 0. The van der Waals surface area contributed by atoms with E-state index in [0.29, 0.717) is 12.1 Å². The highest BCUT2D eigenvalue weighted by Gasteiger charge is 2.10. The molecule has 0 bridgehead atoms. The topological polar surface area (TPSA) is 12.0 Å². The Morgan fingerprint density at radius 2 is 1.77 bits per heavy atom. The highest BCUT2D eigenvalue weighted by molar-refractivity contribution is 5.29. The van der Waals surface area contributed by atoms with Crippen molar-refractivity contribution >= 4 is 0 Å². The normalized spacial score (nSPS) is 15.1. The molecule has 2 atom stereocenters. The molecular weight excluding hydrogens is 158 g/mol. The third-order valence-corrected chi connectivity index (χ3v) is 2.55. The van der Waals surface area contributed by atoms with Crippen molar-refractivity contribution in [2.24, 2.45) is 0 Å². The monoisotopic (exact) mass is 181 g/mol. The van der Waals surface area contributed by atoms with Gasteiger partial charge in [0.25, 0.3) is 0 Å². The molecular formula is C12H23N. The van der Waals surface area contributed by atoms with E-state index in [2.05, 4.69) is 46.2 Å². The molecule has 1 N–H and O–H groups in total. The molecule has 0 aliphatic rings. The molecule has 0 aliphatic heterocycles. The van der Waals surface area contributed by atoms with Gasteiger partial charge in [-0.25, -0.2) is 0 Å². The van der Waals surface area contributed by atoms with Gasteiger partial charge in [-0.1, -0.05) is 32.6 Å². The van der Waals surface area contributed by atoms with Crippen LogP contribution in [0, 0.1) is 0 Å². The molecule has 0 radical (unpaired) electrons. The molecule has 0 spiro atoms. The highest BCUT2D eigenvalue weighted by atomic mass is 14.9. The van der Waals surface area contributed by atoms with Crippen LogP contribution in [0.4, 0.5) is 0 Å². The molecule has 0 heterocycles. The molecule has 0 aromatic rings. The number of nitrogens with one attached hydrogen (secondary N) is 1. The molecule has 0 rings (SSSR count). The molecule has 0 aromatic carbocycles. The van der Waals surface area contributed by atoms with Crippen LogP contribution >= 0.6 is 0 Å². The van der Waals surface area contributed by atoms with E-state index in [-0.39, 0.29) is 0 Å². The third kappa shape index (κ3) is 4.28. The van der Waals surface area contributed by atoms with Crippen LogP contribution in [-0.2, 0) is 0 Å². The summed E-state index contributed by atoms with van der Waals surface area (Å²) >= 11 is 0. The first-order valence-electron chi connectivity index (χ1n) is 5.15. The fourth-order valence-corrected chi connectivity index (χ4v) is 1.18. The quantitative estimate of drug-likeness (QED) is 0.620. The Bertz CT molecular complexity index is 182. The van der Waals surface area contributed by atoms with Gasteiger partial charge >= 0.3 is 0 Å². The standard InChI is InChI=1S/C12H23N/c1-7-9(3)11(5)12(6)13-10(4)8-2/h10,12-13H,3,5,7-8H2,1-2,4,6H3. The molecule has 0 aliphatic carbocycles. The van der Waals surface area contributed by atoms with Gasteiger partial charge in [-0.15, -0.1) is 0 Å². The number of rotatable bonds is 6. The minimum absolute atomic E-state index is 0.349. The smallest absolute Gasteiger partial charge is 0.0290 e. The molecule has 0 amide bonds. The average molecular weight is 181 g/mol. The van der Waals surface area contributed by atoms with Crippen molar-refractivity contribution in [3.05, 3.63) is 24.3 Å². The maximum absolute atomic E-state index is 4.05. The molecule has 2 unspecified atom stereocenters. The molecule has 0 saturated heterocycles. The lowest BCUT2D eigenvalue weighted by atomic mass is 10.00. The van der Waals surface area contributed by atoms with Crippen LogP contribution < -0.4 is 5.32 Å². The van der Waals surface area contributed by atoms with Crippen molar-refractivity contribution in [2.45, 2.75) is 52.6 Å². The van der Waals surface area contributed by atoms with Crippen LogP contribution in [0.15, 0.2) is 24.3 Å². The number of hydrogen-bond acceptors (Lipinski definition) is 1. The van der Waals surface area contributed by atoms with E-state index in [1.807, 2.05) is 0 Å². The van der Waals surface area contributed by atoms with Gasteiger partial charge in [0.1, 0.15) is 0 Å². The second-order valence-electron chi connectivity index (χ2n) is 3.68. The largest absolute Gasteiger partial charge is 0.308 e. The second-order valence-corrected chi connectivity index (χ2v) is 3.68. The molecule has 0 aromatic heterocycles. The minimum Gasteiger partial charge on any atom is -0.308 e. The summed E-state index contributed by atoms with van der Waals surface area (Å²) in [6.45, 7) is 16.7. The minimum atomic E-state index is 0.349. The number of hydrogen-bond donors (Lipinski definition) is 1. The molecule has 76 valence electrons. The molecule has 1 nitrogen and oxygen atoms in total. The first kappa shape index (κ1) is 12.4. The summed E-state index contributed by atoms with van der Waals surface area (Å²) in [6, 6.07) is 0.902. The molecule has 1 heteroatoms. The Labute approximate surface area is 82.9 Å². The lowest BCUT2D eigenvalue weighted by Gasteiger charge is -2.21. The van der Waals surface area contributed by atoms with Crippen molar-refractivity contribution in [1.29, 1.82) is 0 Å². The van der Waals surface area contributed by atoms with Crippen LogP contribution in [-0.4, -0.2) is 12.1 Å². The van der Waals surface area contributed by atoms with Crippen LogP contribution in [0.2, 0.25) is 0 Å². The van der Waals surface area contributed by atoms with Crippen molar-refractivity contribution in [3.8, 4) is 0 Å². The van der Waals surface area contributed by atoms with Gasteiger partial charge in [0, 0.05) is 12.1 Å². The summed E-state index contributed by atoms with van der Waals surface area (Å²) in [5, 5.41) is 3.48. The van der Waals surface area contributed by atoms with E-state index < -0.39 is 0 Å². The van der Waals surface area contributed by atoms with Gasteiger partial charge in [-0.05, 0) is 32.3 Å². The van der Waals surface area contributed by atoms with Gasteiger partial charge in [0.15, 0.2) is 0 Å². The lowest BCUT2D eigenvalue weighted by molar-refractivity contribution is 0.494. The molecule has 0 saturated carbocycles. The lowest BCUT2D eigenvalue weighted by Crippen LogP contribution is -2.35. The summed E-state index contributed by atoms with van der Waals surface area (Å²) in [5.74, 6) is 0. The Balaban J connectivity index is 4.03. The van der Waals surface area contributed by atoms with E-state index in [1.165, 1.54) is 0 Å². The predicted molar refractivity (Wildman–Crippen MR) is 60.9 cm³/mol. The predicted octanol–water partition coefficient (Wildman–Crippen LogP) is 3.29. The van der Waals surface area contributed by atoms with Gasteiger partial charge < -0.3 is 5.32 Å². The van der Waals surface area contributed by atoms with Crippen molar-refractivity contribution in [3.63, 3.8) is 0 Å². The van der Waals surface area contributed by atoms with Gasteiger partial charge in [0.05, 0.1) is 0 Å². The highest BCUT2D eigenvalue weighted by Crippen LogP contribution is 2.13. The summed E-state index contributed by atoms with van der Waals surface area (Å²) in [5.41, 5.74) is 2.30. The van der Waals surface area contributed by atoms with E-state index in [0.717, 1.165) is 24.0 Å². The van der Waals surface area contributed by atoms with Crippen molar-refractivity contribution in [1.82, 2.24) is 5.32 Å². The van der Waals surface area contributed by atoms with E-state index >= 15 is 0 Å². The van der Waals surface area contributed by atoms with Crippen LogP contribution in [0.25, 0.3) is 0 Å². The first-order chi connectivity index (χ1) is 6.02. The summed E-state index contributed by atoms with van der Waals surface area (Å²) in [7, 11) is 0. The van der Waals surface area contributed by atoms with E-state index in [1.54, 1.807) is 0 Å². The molecule has 0 fully saturated rings.